The van der Waals surface area contributed by atoms with E-state index in [-0.39, 0.29) is 41.3 Å². The van der Waals surface area contributed by atoms with Crippen molar-refractivity contribution in [3.8, 4) is 0 Å². The molecule has 2 aromatic rings. The molecule has 5 rings (SSSR count). The summed E-state index contributed by atoms with van der Waals surface area (Å²) in [7, 11) is 1.17. The molecule has 0 radical (unpaired) electrons. The van der Waals surface area contributed by atoms with Crippen LogP contribution in [-0.4, -0.2) is 25.9 Å². The van der Waals surface area contributed by atoms with E-state index in [0.717, 1.165) is 0 Å². The van der Waals surface area contributed by atoms with Gasteiger partial charge >= 0.3 is 0 Å². The lowest BCUT2D eigenvalue weighted by atomic mass is 9.34. The average Bonchev–Trinajstić information content (AvgIpc) is 2.39. The maximum absolute atomic E-state index is 13.1. The van der Waals surface area contributed by atoms with Crippen molar-refractivity contribution in [2.45, 2.75) is 37.5 Å². The van der Waals surface area contributed by atoms with E-state index in [1.807, 2.05) is 0 Å². The standard InChI is InChI=1S/C14H11ClF4N4O/c1-23-9(8(16)17)20-5-6(10(23)24)21-12(15)22-7(5)13-2-14(3-13,4-13)11(18)19/h8,11H,2-4H2,1H3. The third kappa shape index (κ3) is 1.81. The van der Waals surface area contributed by atoms with Crippen molar-refractivity contribution in [2.24, 2.45) is 12.5 Å². The second kappa shape index (κ2) is 4.65. The van der Waals surface area contributed by atoms with Crippen molar-refractivity contribution in [1.29, 1.82) is 0 Å². The summed E-state index contributed by atoms with van der Waals surface area (Å²) < 4.78 is 53.0. The van der Waals surface area contributed by atoms with Crippen LogP contribution in [0.25, 0.3) is 11.0 Å². The van der Waals surface area contributed by atoms with Crippen LogP contribution in [-0.2, 0) is 12.5 Å². The Morgan fingerprint density at radius 3 is 2.25 bits per heavy atom. The van der Waals surface area contributed by atoms with Gasteiger partial charge in [-0.3, -0.25) is 9.36 Å². The van der Waals surface area contributed by atoms with Crippen LogP contribution in [0.2, 0.25) is 5.28 Å². The maximum atomic E-state index is 13.1. The Labute approximate surface area is 137 Å². The third-order valence-electron chi connectivity index (χ3n) is 5.17. The van der Waals surface area contributed by atoms with Crippen molar-refractivity contribution >= 4 is 22.6 Å². The lowest BCUT2D eigenvalue weighted by Gasteiger charge is -2.69. The van der Waals surface area contributed by atoms with Crippen LogP contribution in [0.15, 0.2) is 4.79 Å². The third-order valence-corrected chi connectivity index (χ3v) is 5.33. The van der Waals surface area contributed by atoms with E-state index in [4.69, 9.17) is 11.6 Å². The summed E-state index contributed by atoms with van der Waals surface area (Å²) in [5.41, 5.74) is -2.50. The first kappa shape index (κ1) is 15.7. The quantitative estimate of drug-likeness (QED) is 0.622. The molecule has 2 bridgehead atoms. The van der Waals surface area contributed by atoms with E-state index >= 15 is 0 Å². The molecule has 24 heavy (non-hydrogen) atoms. The van der Waals surface area contributed by atoms with Gasteiger partial charge in [0.05, 0.1) is 5.69 Å². The molecule has 3 aliphatic carbocycles. The molecule has 2 heterocycles. The van der Waals surface area contributed by atoms with Crippen LogP contribution in [0, 0.1) is 5.41 Å². The van der Waals surface area contributed by atoms with Crippen molar-refractivity contribution in [3.05, 3.63) is 27.2 Å². The Morgan fingerprint density at radius 2 is 1.71 bits per heavy atom. The molecule has 0 saturated heterocycles. The summed E-state index contributed by atoms with van der Waals surface area (Å²) in [5, 5.41) is -0.225. The van der Waals surface area contributed by atoms with E-state index in [2.05, 4.69) is 15.0 Å². The lowest BCUT2D eigenvalue weighted by Crippen LogP contribution is -2.68. The zero-order valence-corrected chi connectivity index (χ0v) is 13.1. The highest BCUT2D eigenvalue weighted by atomic mass is 35.5. The summed E-state index contributed by atoms with van der Waals surface area (Å²) in [6.07, 6.45) is -4.86. The van der Waals surface area contributed by atoms with Gasteiger partial charge in [-0.2, -0.15) is 0 Å². The molecule has 3 aliphatic rings. The summed E-state index contributed by atoms with van der Waals surface area (Å²) in [4.78, 5) is 24.0. The van der Waals surface area contributed by atoms with Crippen LogP contribution < -0.4 is 5.56 Å². The first-order valence-electron chi connectivity index (χ1n) is 7.20. The topological polar surface area (TPSA) is 60.7 Å². The molecular weight excluding hydrogens is 352 g/mol. The summed E-state index contributed by atoms with van der Waals surface area (Å²) in [6, 6.07) is 0. The minimum absolute atomic E-state index is 0.0691. The predicted octanol–water partition coefficient (Wildman–Crippen LogP) is 3.00. The molecule has 3 fully saturated rings. The Bertz CT molecular complexity index is 909. The molecule has 0 amide bonds. The van der Waals surface area contributed by atoms with E-state index in [1.54, 1.807) is 0 Å². The number of hydrogen-bond donors (Lipinski definition) is 0. The fraction of sp³-hybridized carbons (Fsp3) is 0.571. The van der Waals surface area contributed by atoms with E-state index in [9.17, 15) is 22.4 Å². The van der Waals surface area contributed by atoms with Crippen molar-refractivity contribution < 1.29 is 17.6 Å². The van der Waals surface area contributed by atoms with Gasteiger partial charge in [-0.25, -0.2) is 32.5 Å². The molecule has 5 nitrogen and oxygen atoms in total. The van der Waals surface area contributed by atoms with Crippen LogP contribution in [0.3, 0.4) is 0 Å². The molecule has 0 atom stereocenters. The minimum Gasteiger partial charge on any atom is -0.293 e. The number of hydrogen-bond acceptors (Lipinski definition) is 4. The summed E-state index contributed by atoms with van der Waals surface area (Å²) in [6.45, 7) is 0. The van der Waals surface area contributed by atoms with Gasteiger partial charge in [0.25, 0.3) is 12.0 Å². The monoisotopic (exact) mass is 362 g/mol. The molecule has 3 saturated carbocycles. The highest BCUT2D eigenvalue weighted by Gasteiger charge is 2.73. The molecule has 2 aromatic heterocycles. The highest BCUT2D eigenvalue weighted by Crippen LogP contribution is 2.75. The highest BCUT2D eigenvalue weighted by molar-refractivity contribution is 6.28. The van der Waals surface area contributed by atoms with Crippen LogP contribution >= 0.6 is 11.6 Å². The van der Waals surface area contributed by atoms with Gasteiger partial charge in [0.2, 0.25) is 11.7 Å². The fourth-order valence-electron chi connectivity index (χ4n) is 4.05. The van der Waals surface area contributed by atoms with Gasteiger partial charge < -0.3 is 0 Å². The predicted molar refractivity (Wildman–Crippen MR) is 76.5 cm³/mol. The van der Waals surface area contributed by atoms with Gasteiger partial charge in [-0.05, 0) is 30.9 Å². The van der Waals surface area contributed by atoms with Gasteiger partial charge in [0, 0.05) is 17.9 Å². The SMILES string of the molecule is Cn1c(C(F)F)nc2c(C34CC(C(F)F)(C3)C4)nc(Cl)nc2c1=O. The zero-order valence-electron chi connectivity index (χ0n) is 12.4. The number of aromatic nitrogens is 4. The van der Waals surface area contributed by atoms with Gasteiger partial charge in [-0.15, -0.1) is 0 Å². The largest absolute Gasteiger partial charge is 0.295 e. The molecular formula is C14H11ClF4N4O. The first-order valence-corrected chi connectivity index (χ1v) is 7.58. The molecule has 0 spiro atoms. The Hall–Kier alpha value is -1.77. The number of alkyl halides is 4. The van der Waals surface area contributed by atoms with Gasteiger partial charge in [0.1, 0.15) is 5.52 Å². The second-order valence-electron chi connectivity index (χ2n) is 6.65. The van der Waals surface area contributed by atoms with Crippen LogP contribution in [0.4, 0.5) is 17.6 Å². The number of fused-ring (bicyclic) bond motifs is 1. The van der Waals surface area contributed by atoms with E-state index < -0.39 is 35.1 Å². The van der Waals surface area contributed by atoms with Crippen LogP contribution in [0.5, 0.6) is 0 Å². The number of rotatable bonds is 3. The maximum Gasteiger partial charge on any atom is 0.295 e. The fourth-order valence-corrected chi connectivity index (χ4v) is 4.22. The summed E-state index contributed by atoms with van der Waals surface area (Å²) >= 11 is 5.86. The Kier molecular flexibility index (Phi) is 3.05. The smallest absolute Gasteiger partial charge is 0.293 e. The molecule has 0 unspecified atom stereocenters. The normalized spacial score (nSPS) is 28.3. The first-order chi connectivity index (χ1) is 11.2. The van der Waals surface area contributed by atoms with E-state index in [1.165, 1.54) is 7.05 Å². The average molecular weight is 363 g/mol. The lowest BCUT2D eigenvalue weighted by molar-refractivity contribution is -0.222. The number of nitrogens with zero attached hydrogens (tertiary/aromatic N) is 4. The van der Waals surface area contributed by atoms with Crippen molar-refractivity contribution in [3.63, 3.8) is 0 Å². The van der Waals surface area contributed by atoms with E-state index in [0.29, 0.717) is 4.57 Å². The zero-order chi connectivity index (χ0) is 17.4. The summed E-state index contributed by atoms with van der Waals surface area (Å²) in [5.74, 6) is -0.713. The molecule has 0 aromatic carbocycles. The van der Waals surface area contributed by atoms with Crippen LogP contribution in [0.1, 0.15) is 37.2 Å². The van der Waals surface area contributed by atoms with Crippen molar-refractivity contribution in [1.82, 2.24) is 19.5 Å². The Balaban J connectivity index is 1.93. The minimum atomic E-state index is -2.96. The van der Waals surface area contributed by atoms with Gasteiger partial charge in [-0.1, -0.05) is 0 Å². The van der Waals surface area contributed by atoms with Gasteiger partial charge in [0.15, 0.2) is 11.3 Å². The van der Waals surface area contributed by atoms with Crippen molar-refractivity contribution in [2.75, 3.05) is 0 Å². The molecule has 0 N–H and O–H groups in total. The second-order valence-corrected chi connectivity index (χ2v) is 6.99. The molecule has 128 valence electrons. The Morgan fingerprint density at radius 1 is 1.08 bits per heavy atom. The molecule has 10 heteroatoms. The number of halogens is 5. The molecule has 0 aliphatic heterocycles.